The van der Waals surface area contributed by atoms with Crippen LogP contribution in [0.2, 0.25) is 0 Å². The molecule has 0 amide bonds. The first-order chi connectivity index (χ1) is 10.7. The number of nitriles is 1. The zero-order chi connectivity index (χ0) is 15.6. The predicted octanol–water partition coefficient (Wildman–Crippen LogP) is 4.09. The fourth-order valence-electron chi connectivity index (χ4n) is 3.32. The van der Waals surface area contributed by atoms with Crippen LogP contribution in [0.15, 0.2) is 33.7 Å². The van der Waals surface area contributed by atoms with Crippen molar-refractivity contribution in [2.24, 2.45) is 4.99 Å². The van der Waals surface area contributed by atoms with Gasteiger partial charge < -0.3 is 10.2 Å². The molecular formula is C16H17BrN4S. The molecule has 0 radical (unpaired) electrons. The van der Waals surface area contributed by atoms with E-state index < -0.39 is 0 Å². The molecule has 1 aromatic rings. The Morgan fingerprint density at radius 3 is 2.59 bits per heavy atom. The first kappa shape index (κ1) is 15.4. The number of halogens is 1. The molecule has 1 aliphatic carbocycles. The quantitative estimate of drug-likeness (QED) is 0.623. The number of amidine groups is 1. The van der Waals surface area contributed by atoms with Crippen molar-refractivity contribution >= 4 is 44.8 Å². The second-order valence-corrected chi connectivity index (χ2v) is 6.99. The molecule has 6 heteroatoms. The molecule has 0 unspecified atom stereocenters. The molecule has 0 bridgehead atoms. The van der Waals surface area contributed by atoms with Gasteiger partial charge in [0.05, 0.1) is 6.07 Å². The highest BCUT2D eigenvalue weighted by Gasteiger charge is 2.48. The van der Waals surface area contributed by atoms with Crippen molar-refractivity contribution in [3.63, 3.8) is 0 Å². The number of thiocarbonyl (C=S) groups is 1. The van der Waals surface area contributed by atoms with Crippen LogP contribution >= 0.6 is 28.1 Å². The SMILES string of the molecule is N#CCN1C(=S)N=C(Nc2ccc(Br)cc2)C12CCCCC2. The molecule has 1 aromatic carbocycles. The van der Waals surface area contributed by atoms with Gasteiger partial charge in [-0.15, -0.1) is 0 Å². The molecule has 114 valence electrons. The minimum atomic E-state index is -0.224. The molecule has 1 aliphatic heterocycles. The molecule has 22 heavy (non-hydrogen) atoms. The highest BCUT2D eigenvalue weighted by Crippen LogP contribution is 2.39. The zero-order valence-electron chi connectivity index (χ0n) is 12.2. The lowest BCUT2D eigenvalue weighted by molar-refractivity contribution is 0.213. The lowest BCUT2D eigenvalue weighted by atomic mass is 9.79. The van der Waals surface area contributed by atoms with Gasteiger partial charge in [-0.05, 0) is 49.3 Å². The second kappa shape index (κ2) is 6.35. The van der Waals surface area contributed by atoms with E-state index in [0.717, 1.165) is 41.7 Å². The van der Waals surface area contributed by atoms with Gasteiger partial charge in [0.25, 0.3) is 0 Å². The lowest BCUT2D eigenvalue weighted by Gasteiger charge is -2.41. The Balaban J connectivity index is 1.90. The Morgan fingerprint density at radius 2 is 1.95 bits per heavy atom. The number of nitrogens with zero attached hydrogens (tertiary/aromatic N) is 3. The number of hydrogen-bond acceptors (Lipinski definition) is 3. The third-order valence-electron chi connectivity index (χ3n) is 4.41. The molecule has 1 saturated carbocycles. The maximum atomic E-state index is 9.14. The highest BCUT2D eigenvalue weighted by molar-refractivity contribution is 9.10. The monoisotopic (exact) mass is 376 g/mol. The first-order valence-corrected chi connectivity index (χ1v) is 8.66. The summed E-state index contributed by atoms with van der Waals surface area (Å²) < 4.78 is 1.04. The maximum Gasteiger partial charge on any atom is 0.198 e. The average Bonchev–Trinajstić information content (AvgIpc) is 2.76. The fourth-order valence-corrected chi connectivity index (χ4v) is 3.91. The van der Waals surface area contributed by atoms with Crippen LogP contribution in [0.25, 0.3) is 0 Å². The standard InChI is InChI=1S/C16H17BrN4S/c17-12-4-6-13(7-5-12)19-14-16(8-2-1-3-9-16)21(11-10-18)15(22)20-14/h4-7H,1-3,8-9,11H2,(H,19,20,22). The Hall–Kier alpha value is -1.45. The van der Waals surface area contributed by atoms with Crippen LogP contribution in [0.4, 0.5) is 5.69 Å². The third-order valence-corrected chi connectivity index (χ3v) is 5.25. The van der Waals surface area contributed by atoms with Crippen molar-refractivity contribution < 1.29 is 0 Å². The van der Waals surface area contributed by atoms with Crippen molar-refractivity contribution in [3.05, 3.63) is 28.7 Å². The van der Waals surface area contributed by atoms with Gasteiger partial charge in [-0.25, -0.2) is 4.99 Å². The fraction of sp³-hybridized carbons (Fsp3) is 0.438. The molecule has 1 heterocycles. The van der Waals surface area contributed by atoms with Crippen LogP contribution in [0.3, 0.4) is 0 Å². The summed E-state index contributed by atoms with van der Waals surface area (Å²) in [6.45, 7) is 0.299. The number of rotatable bonds is 2. The van der Waals surface area contributed by atoms with Gasteiger partial charge >= 0.3 is 0 Å². The molecule has 0 aromatic heterocycles. The second-order valence-electron chi connectivity index (χ2n) is 5.71. The minimum absolute atomic E-state index is 0.224. The van der Waals surface area contributed by atoms with Crippen LogP contribution in [0.1, 0.15) is 32.1 Å². The van der Waals surface area contributed by atoms with Gasteiger partial charge in [0.15, 0.2) is 5.11 Å². The smallest absolute Gasteiger partial charge is 0.198 e. The summed E-state index contributed by atoms with van der Waals surface area (Å²) in [7, 11) is 0. The normalized spacial score (nSPS) is 19.9. The van der Waals surface area contributed by atoms with Gasteiger partial charge in [-0.1, -0.05) is 35.2 Å². The Bertz CT molecular complexity index is 641. The van der Waals surface area contributed by atoms with Crippen LogP contribution in [-0.2, 0) is 0 Å². The Morgan fingerprint density at radius 1 is 1.27 bits per heavy atom. The van der Waals surface area contributed by atoms with E-state index in [0.29, 0.717) is 11.7 Å². The van der Waals surface area contributed by atoms with Gasteiger partial charge in [-0.3, -0.25) is 0 Å². The first-order valence-electron chi connectivity index (χ1n) is 7.46. The van der Waals surface area contributed by atoms with E-state index in [4.69, 9.17) is 17.5 Å². The Kier molecular flexibility index (Phi) is 4.46. The van der Waals surface area contributed by atoms with E-state index >= 15 is 0 Å². The van der Waals surface area contributed by atoms with Crippen LogP contribution in [-0.4, -0.2) is 27.9 Å². The summed E-state index contributed by atoms with van der Waals surface area (Å²) in [6.07, 6.45) is 5.52. The molecule has 2 aliphatic rings. The largest absolute Gasteiger partial charge is 0.342 e. The number of anilines is 1. The summed E-state index contributed by atoms with van der Waals surface area (Å²) >= 11 is 8.86. The molecule has 3 rings (SSSR count). The number of benzene rings is 1. The number of nitrogens with one attached hydrogen (secondary N) is 1. The molecule has 0 atom stereocenters. The highest BCUT2D eigenvalue weighted by atomic mass is 79.9. The summed E-state index contributed by atoms with van der Waals surface area (Å²) in [6, 6.07) is 10.3. The average molecular weight is 377 g/mol. The predicted molar refractivity (Wildman–Crippen MR) is 95.9 cm³/mol. The van der Waals surface area contributed by atoms with Crippen molar-refractivity contribution in [1.29, 1.82) is 5.26 Å². The van der Waals surface area contributed by atoms with E-state index in [1.54, 1.807) is 0 Å². The number of aliphatic imine (C=N–C) groups is 1. The molecule has 1 N–H and O–H groups in total. The van der Waals surface area contributed by atoms with Crippen LogP contribution < -0.4 is 5.32 Å². The van der Waals surface area contributed by atoms with Crippen LogP contribution in [0, 0.1) is 11.3 Å². The van der Waals surface area contributed by atoms with Crippen molar-refractivity contribution in [3.8, 4) is 6.07 Å². The zero-order valence-corrected chi connectivity index (χ0v) is 14.6. The molecule has 4 nitrogen and oxygen atoms in total. The van der Waals surface area contributed by atoms with E-state index in [9.17, 15) is 0 Å². The van der Waals surface area contributed by atoms with E-state index in [-0.39, 0.29) is 5.54 Å². The third kappa shape index (κ3) is 2.75. The van der Waals surface area contributed by atoms with Gasteiger partial charge in [0, 0.05) is 10.2 Å². The van der Waals surface area contributed by atoms with Crippen LogP contribution in [0.5, 0.6) is 0 Å². The van der Waals surface area contributed by atoms with E-state index in [1.807, 2.05) is 29.2 Å². The van der Waals surface area contributed by atoms with E-state index in [2.05, 4.69) is 32.3 Å². The summed E-state index contributed by atoms with van der Waals surface area (Å²) in [5.41, 5.74) is 0.770. The van der Waals surface area contributed by atoms with Crippen molar-refractivity contribution in [2.45, 2.75) is 37.6 Å². The topological polar surface area (TPSA) is 51.4 Å². The summed E-state index contributed by atoms with van der Waals surface area (Å²) in [5, 5.41) is 13.1. The van der Waals surface area contributed by atoms with Crippen molar-refractivity contribution in [2.75, 3.05) is 11.9 Å². The van der Waals surface area contributed by atoms with E-state index in [1.165, 1.54) is 6.42 Å². The molecular weight excluding hydrogens is 360 g/mol. The van der Waals surface area contributed by atoms with Gasteiger partial charge in [-0.2, -0.15) is 5.26 Å². The van der Waals surface area contributed by atoms with Gasteiger partial charge in [0.1, 0.15) is 17.9 Å². The Labute approximate surface area is 144 Å². The summed E-state index contributed by atoms with van der Waals surface area (Å²) in [4.78, 5) is 6.59. The molecule has 1 spiro atoms. The van der Waals surface area contributed by atoms with Crippen molar-refractivity contribution in [1.82, 2.24) is 4.90 Å². The number of hydrogen-bond donors (Lipinski definition) is 1. The van der Waals surface area contributed by atoms with Gasteiger partial charge in [0.2, 0.25) is 0 Å². The summed E-state index contributed by atoms with van der Waals surface area (Å²) in [5.74, 6) is 0.898. The maximum absolute atomic E-state index is 9.14. The lowest BCUT2D eigenvalue weighted by Crippen LogP contribution is -2.54. The minimum Gasteiger partial charge on any atom is -0.342 e. The molecule has 1 fully saturated rings. The molecule has 0 saturated heterocycles.